The van der Waals surface area contributed by atoms with Gasteiger partial charge in [0, 0.05) is 18.1 Å². The standard InChI is InChI=1S/C19H20N2O2/c1-13-12-18(15(3)23-13)19(22)20-14(2)16-6-8-17(9-7-16)21-10-4-5-11-21/h4-12,14H,1-3H3,(H,20,22)/t14-/m1/s1. The zero-order valence-corrected chi connectivity index (χ0v) is 13.5. The zero-order chi connectivity index (χ0) is 16.4. The number of hydrogen-bond donors (Lipinski definition) is 1. The maximum atomic E-state index is 12.3. The van der Waals surface area contributed by atoms with Crippen molar-refractivity contribution in [3.63, 3.8) is 0 Å². The highest BCUT2D eigenvalue weighted by atomic mass is 16.3. The summed E-state index contributed by atoms with van der Waals surface area (Å²) in [6.07, 6.45) is 4.01. The van der Waals surface area contributed by atoms with Crippen LogP contribution in [0.5, 0.6) is 0 Å². The molecule has 0 radical (unpaired) electrons. The molecule has 3 aromatic rings. The largest absolute Gasteiger partial charge is 0.466 e. The number of nitrogens with one attached hydrogen (secondary N) is 1. The second kappa shape index (κ2) is 6.16. The molecule has 4 nitrogen and oxygen atoms in total. The first-order valence-corrected chi connectivity index (χ1v) is 7.66. The molecule has 2 aromatic heterocycles. The number of aromatic nitrogens is 1. The van der Waals surface area contributed by atoms with E-state index < -0.39 is 0 Å². The van der Waals surface area contributed by atoms with Crippen LogP contribution in [0.25, 0.3) is 5.69 Å². The molecule has 0 aliphatic carbocycles. The van der Waals surface area contributed by atoms with E-state index in [4.69, 9.17) is 4.42 Å². The van der Waals surface area contributed by atoms with Crippen molar-refractivity contribution < 1.29 is 9.21 Å². The Morgan fingerprint density at radius 2 is 1.78 bits per heavy atom. The fourth-order valence-corrected chi connectivity index (χ4v) is 2.66. The van der Waals surface area contributed by atoms with Gasteiger partial charge in [0.1, 0.15) is 11.5 Å². The van der Waals surface area contributed by atoms with Crippen molar-refractivity contribution in [2.45, 2.75) is 26.8 Å². The highest BCUT2D eigenvalue weighted by Crippen LogP contribution is 2.18. The molecule has 0 bridgehead atoms. The summed E-state index contributed by atoms with van der Waals surface area (Å²) < 4.78 is 7.46. The van der Waals surface area contributed by atoms with Crippen molar-refractivity contribution in [2.24, 2.45) is 0 Å². The lowest BCUT2D eigenvalue weighted by atomic mass is 10.1. The Hall–Kier alpha value is -2.75. The molecule has 0 aliphatic heterocycles. The molecule has 1 atom stereocenters. The van der Waals surface area contributed by atoms with Gasteiger partial charge in [-0.1, -0.05) is 12.1 Å². The molecule has 1 amide bonds. The molecule has 1 N–H and O–H groups in total. The highest BCUT2D eigenvalue weighted by Gasteiger charge is 2.16. The lowest BCUT2D eigenvalue weighted by Crippen LogP contribution is -2.26. The summed E-state index contributed by atoms with van der Waals surface area (Å²) in [5, 5.41) is 3.02. The Morgan fingerprint density at radius 1 is 1.13 bits per heavy atom. The van der Waals surface area contributed by atoms with Gasteiger partial charge in [-0.15, -0.1) is 0 Å². The van der Waals surface area contributed by atoms with Crippen molar-refractivity contribution in [3.8, 4) is 5.69 Å². The Labute approximate surface area is 135 Å². The molecule has 0 saturated carbocycles. The molecular formula is C19H20N2O2. The maximum absolute atomic E-state index is 12.3. The third-order valence-corrected chi connectivity index (χ3v) is 3.93. The zero-order valence-electron chi connectivity index (χ0n) is 13.5. The Morgan fingerprint density at radius 3 is 2.35 bits per heavy atom. The van der Waals surface area contributed by atoms with Crippen molar-refractivity contribution in [1.29, 1.82) is 0 Å². The SMILES string of the molecule is Cc1cc(C(=O)N[C@H](C)c2ccc(-n3cccc3)cc2)c(C)o1. The normalized spacial score (nSPS) is 12.1. The predicted molar refractivity (Wildman–Crippen MR) is 89.8 cm³/mol. The number of carbonyl (C=O) groups excluding carboxylic acids is 1. The van der Waals surface area contributed by atoms with Crippen LogP contribution in [0.15, 0.2) is 59.3 Å². The molecule has 118 valence electrons. The first-order valence-electron chi connectivity index (χ1n) is 7.66. The Balaban J connectivity index is 1.72. The average molecular weight is 308 g/mol. The van der Waals surface area contributed by atoms with Gasteiger partial charge >= 0.3 is 0 Å². The van der Waals surface area contributed by atoms with Gasteiger partial charge in [0.25, 0.3) is 5.91 Å². The molecule has 0 aliphatic rings. The van der Waals surface area contributed by atoms with E-state index in [1.807, 2.05) is 67.2 Å². The van der Waals surface area contributed by atoms with Crippen LogP contribution in [0.3, 0.4) is 0 Å². The molecule has 0 spiro atoms. The Kier molecular flexibility index (Phi) is 4.06. The first-order chi connectivity index (χ1) is 11.0. The number of aryl methyl sites for hydroxylation is 2. The van der Waals surface area contributed by atoms with Gasteiger partial charge in [0.15, 0.2) is 0 Å². The van der Waals surface area contributed by atoms with E-state index in [9.17, 15) is 4.79 Å². The lowest BCUT2D eigenvalue weighted by Gasteiger charge is -2.15. The number of hydrogen-bond acceptors (Lipinski definition) is 2. The third kappa shape index (κ3) is 3.21. The number of rotatable bonds is 4. The summed E-state index contributed by atoms with van der Waals surface area (Å²) in [4.78, 5) is 12.3. The molecular weight excluding hydrogens is 288 g/mol. The van der Waals surface area contributed by atoms with Gasteiger partial charge in [0.2, 0.25) is 0 Å². The van der Waals surface area contributed by atoms with Crippen molar-refractivity contribution in [2.75, 3.05) is 0 Å². The van der Waals surface area contributed by atoms with E-state index in [1.165, 1.54) is 0 Å². The minimum atomic E-state index is -0.110. The van der Waals surface area contributed by atoms with Gasteiger partial charge in [0.05, 0.1) is 11.6 Å². The van der Waals surface area contributed by atoms with Crippen molar-refractivity contribution >= 4 is 5.91 Å². The average Bonchev–Trinajstić information content (AvgIpc) is 3.17. The molecule has 23 heavy (non-hydrogen) atoms. The number of carbonyl (C=O) groups is 1. The van der Waals surface area contributed by atoms with E-state index in [0.717, 1.165) is 17.0 Å². The van der Waals surface area contributed by atoms with Crippen LogP contribution in [-0.4, -0.2) is 10.5 Å². The van der Waals surface area contributed by atoms with Gasteiger partial charge in [-0.25, -0.2) is 0 Å². The maximum Gasteiger partial charge on any atom is 0.255 e. The van der Waals surface area contributed by atoms with Crippen molar-refractivity contribution in [3.05, 3.63) is 77.5 Å². The van der Waals surface area contributed by atoms with E-state index in [-0.39, 0.29) is 11.9 Å². The van der Waals surface area contributed by atoms with Crippen LogP contribution >= 0.6 is 0 Å². The summed E-state index contributed by atoms with van der Waals surface area (Å²) in [7, 11) is 0. The van der Waals surface area contributed by atoms with E-state index in [2.05, 4.69) is 5.32 Å². The predicted octanol–water partition coefficient (Wildman–Crippen LogP) is 4.18. The second-order valence-electron chi connectivity index (χ2n) is 5.70. The van der Waals surface area contributed by atoms with Gasteiger partial charge in [-0.3, -0.25) is 4.79 Å². The molecule has 0 fully saturated rings. The summed E-state index contributed by atoms with van der Waals surface area (Å²) in [5.41, 5.74) is 2.75. The van der Waals surface area contributed by atoms with Crippen LogP contribution in [0.1, 0.15) is 40.4 Å². The molecule has 0 saturated heterocycles. The first kappa shape index (κ1) is 15.2. The van der Waals surface area contributed by atoms with Gasteiger partial charge < -0.3 is 14.3 Å². The molecule has 2 heterocycles. The fourth-order valence-electron chi connectivity index (χ4n) is 2.66. The van der Waals surface area contributed by atoms with E-state index in [1.54, 1.807) is 13.0 Å². The van der Waals surface area contributed by atoms with Crippen LogP contribution in [-0.2, 0) is 0 Å². The number of benzene rings is 1. The van der Waals surface area contributed by atoms with Crippen LogP contribution in [0.2, 0.25) is 0 Å². The lowest BCUT2D eigenvalue weighted by molar-refractivity contribution is 0.0938. The molecule has 0 unspecified atom stereocenters. The highest BCUT2D eigenvalue weighted by molar-refractivity contribution is 5.95. The molecule has 4 heteroatoms. The second-order valence-corrected chi connectivity index (χ2v) is 5.70. The molecule has 3 rings (SSSR count). The van der Waals surface area contributed by atoms with Crippen LogP contribution < -0.4 is 5.32 Å². The van der Waals surface area contributed by atoms with Crippen molar-refractivity contribution in [1.82, 2.24) is 9.88 Å². The van der Waals surface area contributed by atoms with Crippen LogP contribution in [0, 0.1) is 13.8 Å². The smallest absolute Gasteiger partial charge is 0.255 e. The Bertz CT molecular complexity index is 799. The van der Waals surface area contributed by atoms with E-state index >= 15 is 0 Å². The molecule has 1 aromatic carbocycles. The number of nitrogens with zero attached hydrogens (tertiary/aromatic N) is 1. The summed E-state index contributed by atoms with van der Waals surface area (Å²) in [5.74, 6) is 1.29. The van der Waals surface area contributed by atoms with E-state index in [0.29, 0.717) is 11.3 Å². The minimum absolute atomic E-state index is 0.0733. The quantitative estimate of drug-likeness (QED) is 0.786. The van der Waals surface area contributed by atoms with Crippen LogP contribution in [0.4, 0.5) is 0 Å². The van der Waals surface area contributed by atoms with Gasteiger partial charge in [-0.05, 0) is 56.7 Å². The number of amides is 1. The number of furan rings is 1. The minimum Gasteiger partial charge on any atom is -0.466 e. The third-order valence-electron chi connectivity index (χ3n) is 3.93. The summed E-state index contributed by atoms with van der Waals surface area (Å²) in [6, 6.07) is 13.8. The summed E-state index contributed by atoms with van der Waals surface area (Å²) >= 11 is 0. The fraction of sp³-hybridized carbons (Fsp3) is 0.211. The monoisotopic (exact) mass is 308 g/mol. The van der Waals surface area contributed by atoms with Gasteiger partial charge in [-0.2, -0.15) is 0 Å². The topological polar surface area (TPSA) is 47.2 Å². The summed E-state index contributed by atoms with van der Waals surface area (Å²) in [6.45, 7) is 5.62.